The Morgan fingerprint density at radius 2 is 0.878 bits per heavy atom. The number of hydrogen-bond donors (Lipinski definition) is 0. The molecule has 4 nitrogen and oxygen atoms in total. The zero-order chi connectivity index (χ0) is 28.1. The van der Waals surface area contributed by atoms with E-state index < -0.39 is 17.4 Å². The first kappa shape index (κ1) is 24.8. The molecule has 0 saturated carbocycles. The smallest absolute Gasteiger partial charge is 0.338 e. The van der Waals surface area contributed by atoms with Crippen molar-refractivity contribution in [1.82, 2.24) is 0 Å². The summed E-state index contributed by atoms with van der Waals surface area (Å²) in [5.74, 6) is -0.876. The van der Waals surface area contributed by atoms with Crippen molar-refractivity contribution in [3.63, 3.8) is 0 Å². The van der Waals surface area contributed by atoms with Crippen LogP contribution in [-0.4, -0.2) is 26.2 Å². The lowest BCUT2D eigenvalue weighted by Crippen LogP contribution is -2.33. The summed E-state index contributed by atoms with van der Waals surface area (Å²) in [5.41, 5.74) is 5.48. The summed E-state index contributed by atoms with van der Waals surface area (Å²) in [6.07, 6.45) is 0. The highest BCUT2D eigenvalue weighted by Gasteiger charge is 2.51. The molecule has 4 heteroatoms. The van der Waals surface area contributed by atoms with E-state index in [-0.39, 0.29) is 0 Å². The van der Waals surface area contributed by atoms with Gasteiger partial charge in [-0.2, -0.15) is 0 Å². The second-order valence-corrected chi connectivity index (χ2v) is 10.2. The van der Waals surface area contributed by atoms with Crippen LogP contribution in [0.15, 0.2) is 121 Å². The lowest BCUT2D eigenvalue weighted by Gasteiger charge is -2.38. The maximum Gasteiger partial charge on any atom is 0.338 e. The maximum absolute atomic E-state index is 13.7. The molecule has 0 aromatic heterocycles. The summed E-state index contributed by atoms with van der Waals surface area (Å²) in [6.45, 7) is 0. The normalized spacial score (nSPS) is 13.0. The van der Waals surface area contributed by atoms with Crippen molar-refractivity contribution in [2.75, 3.05) is 14.2 Å². The first-order valence-electron chi connectivity index (χ1n) is 13.5. The molecule has 6 aromatic carbocycles. The molecule has 1 aliphatic rings. The van der Waals surface area contributed by atoms with Crippen molar-refractivity contribution in [3.05, 3.63) is 155 Å². The Hall–Kier alpha value is -5.22. The van der Waals surface area contributed by atoms with Crippen LogP contribution >= 0.6 is 0 Å². The molecule has 6 aromatic rings. The Kier molecular flexibility index (Phi) is 5.72. The molecule has 0 aliphatic heterocycles. The van der Waals surface area contributed by atoms with E-state index >= 15 is 0 Å². The van der Waals surface area contributed by atoms with Gasteiger partial charge in [0.15, 0.2) is 0 Å². The molecule has 0 radical (unpaired) electrons. The van der Waals surface area contributed by atoms with Crippen LogP contribution in [0.5, 0.6) is 0 Å². The lowest BCUT2D eigenvalue weighted by atomic mass is 9.63. The van der Waals surface area contributed by atoms with E-state index in [9.17, 15) is 9.59 Å². The maximum atomic E-state index is 13.7. The van der Waals surface area contributed by atoms with E-state index in [0.717, 1.165) is 54.9 Å². The number of methoxy groups -OCH3 is 2. The number of carbonyl (C=O) groups excluding carboxylic acids is 2. The topological polar surface area (TPSA) is 52.6 Å². The van der Waals surface area contributed by atoms with Gasteiger partial charge in [-0.25, -0.2) is 9.59 Å². The predicted octanol–water partition coefficient (Wildman–Crippen LogP) is 7.93. The van der Waals surface area contributed by atoms with Crippen LogP contribution in [0.3, 0.4) is 0 Å². The summed E-state index contributed by atoms with van der Waals surface area (Å²) in [5, 5.41) is 3.78. The largest absolute Gasteiger partial charge is 0.465 e. The van der Waals surface area contributed by atoms with Crippen LogP contribution < -0.4 is 0 Å². The highest BCUT2D eigenvalue weighted by atomic mass is 16.5. The van der Waals surface area contributed by atoms with Crippen molar-refractivity contribution in [2.45, 2.75) is 5.41 Å². The summed E-state index contributed by atoms with van der Waals surface area (Å²) < 4.78 is 10.8. The van der Waals surface area contributed by atoms with Crippen molar-refractivity contribution in [1.29, 1.82) is 0 Å². The lowest BCUT2D eigenvalue weighted by molar-refractivity contribution is 0.0592. The van der Waals surface area contributed by atoms with Gasteiger partial charge in [-0.05, 0) is 67.1 Å². The van der Waals surface area contributed by atoms with Gasteiger partial charge in [-0.3, -0.25) is 0 Å². The molecule has 7 rings (SSSR count). The Morgan fingerprint density at radius 3 is 1.32 bits per heavy atom. The fourth-order valence-corrected chi connectivity index (χ4v) is 6.81. The third-order valence-electron chi connectivity index (χ3n) is 8.37. The third-order valence-corrected chi connectivity index (χ3v) is 8.37. The van der Waals surface area contributed by atoms with Crippen LogP contribution in [0.4, 0.5) is 0 Å². The Bertz CT molecular complexity index is 1870. The highest BCUT2D eigenvalue weighted by molar-refractivity contribution is 6.08. The second kappa shape index (κ2) is 9.46. The van der Waals surface area contributed by atoms with Gasteiger partial charge >= 0.3 is 11.9 Å². The molecule has 0 amide bonds. The van der Waals surface area contributed by atoms with Crippen LogP contribution in [0, 0.1) is 0 Å². The van der Waals surface area contributed by atoms with Crippen molar-refractivity contribution in [3.8, 4) is 11.1 Å². The standard InChI is InChI=1S/C37H26O4/c1-40-35(38)29-21-19-23-11-3-5-13-25(23)33(29)37(31-17-9-7-15-27(31)28-16-8-10-18-32(28)37)34-26-14-6-4-12-24(26)20-22-30(34)36(39)41-2/h3-22H,1-2H3. The second-order valence-electron chi connectivity index (χ2n) is 10.2. The monoisotopic (exact) mass is 534 g/mol. The average molecular weight is 535 g/mol. The molecule has 0 bridgehead atoms. The Labute approximate surface area is 237 Å². The number of esters is 2. The fourth-order valence-electron chi connectivity index (χ4n) is 6.81. The molecule has 1 aliphatic carbocycles. The zero-order valence-corrected chi connectivity index (χ0v) is 22.7. The highest BCUT2D eigenvalue weighted by Crippen LogP contribution is 2.59. The van der Waals surface area contributed by atoms with Gasteiger partial charge in [0.2, 0.25) is 0 Å². The fraction of sp³-hybridized carbons (Fsp3) is 0.0811. The van der Waals surface area contributed by atoms with Crippen molar-refractivity contribution >= 4 is 33.5 Å². The zero-order valence-electron chi connectivity index (χ0n) is 22.7. The molecule has 0 saturated heterocycles. The molecule has 0 fully saturated rings. The molecule has 41 heavy (non-hydrogen) atoms. The number of benzene rings is 6. The van der Waals surface area contributed by atoms with Gasteiger partial charge in [0, 0.05) is 0 Å². The molecule has 0 unspecified atom stereocenters. The minimum atomic E-state index is -1.05. The van der Waals surface area contributed by atoms with Crippen LogP contribution in [0.1, 0.15) is 43.0 Å². The van der Waals surface area contributed by atoms with E-state index in [1.165, 1.54) is 14.2 Å². The number of carbonyl (C=O) groups is 2. The van der Waals surface area contributed by atoms with Crippen LogP contribution in [0.25, 0.3) is 32.7 Å². The molecular weight excluding hydrogens is 508 g/mol. The van der Waals surface area contributed by atoms with Gasteiger partial charge < -0.3 is 9.47 Å². The number of fused-ring (bicyclic) bond motifs is 5. The van der Waals surface area contributed by atoms with Gasteiger partial charge in [-0.1, -0.05) is 109 Å². The van der Waals surface area contributed by atoms with Crippen molar-refractivity contribution in [2.24, 2.45) is 0 Å². The van der Waals surface area contributed by atoms with E-state index in [4.69, 9.17) is 9.47 Å². The van der Waals surface area contributed by atoms with Gasteiger partial charge in [0.1, 0.15) is 0 Å². The first-order valence-corrected chi connectivity index (χ1v) is 13.5. The molecule has 0 spiro atoms. The predicted molar refractivity (Wildman–Crippen MR) is 161 cm³/mol. The van der Waals surface area contributed by atoms with E-state index in [1.807, 2.05) is 97.1 Å². The Morgan fingerprint density at radius 1 is 0.488 bits per heavy atom. The summed E-state index contributed by atoms with van der Waals surface area (Å²) in [4.78, 5) is 27.3. The summed E-state index contributed by atoms with van der Waals surface area (Å²) in [7, 11) is 2.81. The number of hydrogen-bond acceptors (Lipinski definition) is 4. The summed E-state index contributed by atoms with van der Waals surface area (Å²) >= 11 is 0. The number of rotatable bonds is 4. The summed E-state index contributed by atoms with van der Waals surface area (Å²) in [6, 6.07) is 40.3. The van der Waals surface area contributed by atoms with E-state index in [2.05, 4.69) is 24.3 Å². The quantitative estimate of drug-likeness (QED) is 0.215. The van der Waals surface area contributed by atoms with E-state index in [0.29, 0.717) is 11.1 Å². The SMILES string of the molecule is COC(=O)c1ccc2ccccc2c1C1(c2c(C(=O)OC)ccc3ccccc23)c2ccccc2-c2ccccc21. The molecule has 0 heterocycles. The van der Waals surface area contributed by atoms with Crippen LogP contribution in [-0.2, 0) is 14.9 Å². The van der Waals surface area contributed by atoms with E-state index in [1.54, 1.807) is 0 Å². The van der Waals surface area contributed by atoms with Crippen LogP contribution in [0.2, 0.25) is 0 Å². The first-order chi connectivity index (χ1) is 20.1. The van der Waals surface area contributed by atoms with Gasteiger partial charge in [0.05, 0.1) is 30.8 Å². The molecule has 198 valence electrons. The minimum absolute atomic E-state index is 0.438. The molecule has 0 atom stereocenters. The minimum Gasteiger partial charge on any atom is -0.465 e. The number of ether oxygens (including phenoxy) is 2. The molecular formula is C37H26O4. The molecule has 0 N–H and O–H groups in total. The average Bonchev–Trinajstić information content (AvgIpc) is 3.33. The third kappa shape index (κ3) is 3.40. The van der Waals surface area contributed by atoms with Gasteiger partial charge in [-0.15, -0.1) is 0 Å². The van der Waals surface area contributed by atoms with Gasteiger partial charge in [0.25, 0.3) is 0 Å². The Balaban J connectivity index is 1.83. The van der Waals surface area contributed by atoms with Crippen molar-refractivity contribution < 1.29 is 19.1 Å².